The maximum absolute atomic E-state index is 12.4. The number of rotatable bonds is 5. The Bertz CT molecular complexity index is 607. The average molecular weight is 346 g/mol. The van der Waals surface area contributed by atoms with Crippen molar-refractivity contribution < 1.29 is 9.53 Å². The number of likely N-dealkylation sites (tertiary alicyclic amines) is 1. The first-order valence-corrected chi connectivity index (χ1v) is 9.41. The molecule has 1 atom stereocenters. The maximum atomic E-state index is 12.4. The Balaban J connectivity index is 1.74. The number of hydrogen-bond donors (Lipinski definition) is 0. The number of methoxy groups -OCH3 is 1. The van der Waals surface area contributed by atoms with E-state index < -0.39 is 0 Å². The summed E-state index contributed by atoms with van der Waals surface area (Å²) in [4.78, 5) is 25.5. The van der Waals surface area contributed by atoms with Gasteiger partial charge in [0.2, 0.25) is 5.91 Å². The third-order valence-electron chi connectivity index (χ3n) is 5.53. The van der Waals surface area contributed by atoms with Crippen LogP contribution in [0.4, 0.5) is 5.82 Å². The fourth-order valence-electron chi connectivity index (χ4n) is 4.12. The fourth-order valence-corrected chi connectivity index (χ4v) is 4.12. The summed E-state index contributed by atoms with van der Waals surface area (Å²) < 4.78 is 5.40. The maximum Gasteiger partial charge on any atom is 0.257 e. The van der Waals surface area contributed by atoms with Crippen LogP contribution in [0.2, 0.25) is 0 Å². The van der Waals surface area contributed by atoms with Crippen molar-refractivity contribution in [2.75, 3.05) is 38.2 Å². The molecule has 1 aromatic heterocycles. The molecule has 3 heterocycles. The Kier molecular flexibility index (Phi) is 5.45. The highest BCUT2D eigenvalue weighted by Gasteiger charge is 2.42. The Morgan fingerprint density at radius 3 is 2.80 bits per heavy atom. The molecule has 2 aliphatic heterocycles. The monoisotopic (exact) mass is 346 g/mol. The Morgan fingerprint density at radius 2 is 2.04 bits per heavy atom. The number of amides is 1. The van der Waals surface area contributed by atoms with Gasteiger partial charge in [0.05, 0.1) is 7.11 Å². The molecule has 0 aromatic carbocycles. The van der Waals surface area contributed by atoms with Crippen molar-refractivity contribution in [3.8, 4) is 5.88 Å². The molecule has 0 N–H and O–H groups in total. The zero-order valence-electron chi connectivity index (χ0n) is 15.7. The van der Waals surface area contributed by atoms with E-state index in [4.69, 9.17) is 4.74 Å². The average Bonchev–Trinajstić information content (AvgIpc) is 2.63. The van der Waals surface area contributed by atoms with Crippen molar-refractivity contribution in [2.24, 2.45) is 11.3 Å². The van der Waals surface area contributed by atoms with E-state index >= 15 is 0 Å². The van der Waals surface area contributed by atoms with E-state index in [1.54, 1.807) is 19.5 Å². The van der Waals surface area contributed by atoms with E-state index in [0.29, 0.717) is 24.1 Å². The molecule has 25 heavy (non-hydrogen) atoms. The third-order valence-corrected chi connectivity index (χ3v) is 5.53. The van der Waals surface area contributed by atoms with Crippen LogP contribution in [0.25, 0.3) is 0 Å². The van der Waals surface area contributed by atoms with Gasteiger partial charge >= 0.3 is 0 Å². The van der Waals surface area contributed by atoms with Crippen molar-refractivity contribution in [1.82, 2.24) is 14.9 Å². The minimum absolute atomic E-state index is 0.172. The van der Waals surface area contributed by atoms with Gasteiger partial charge in [-0.1, -0.05) is 13.8 Å². The molecule has 1 aromatic rings. The summed E-state index contributed by atoms with van der Waals surface area (Å²) in [5, 5.41) is 0. The summed E-state index contributed by atoms with van der Waals surface area (Å²) in [6.07, 6.45) is 8.40. The third kappa shape index (κ3) is 4.05. The lowest BCUT2D eigenvalue weighted by atomic mass is 9.73. The van der Waals surface area contributed by atoms with Gasteiger partial charge in [-0.15, -0.1) is 0 Å². The molecule has 3 rings (SSSR count). The predicted molar refractivity (Wildman–Crippen MR) is 97.7 cm³/mol. The van der Waals surface area contributed by atoms with Crippen molar-refractivity contribution in [1.29, 1.82) is 0 Å². The second-order valence-electron chi connectivity index (χ2n) is 7.91. The SMILES string of the molecule is COc1nccnc1N1CCC[C@]2(CCC(=O)N(CCC(C)C)C2)C1. The predicted octanol–water partition coefficient (Wildman–Crippen LogP) is 2.74. The lowest BCUT2D eigenvalue weighted by Crippen LogP contribution is -2.54. The van der Waals surface area contributed by atoms with Crippen LogP contribution >= 0.6 is 0 Å². The van der Waals surface area contributed by atoms with Crippen molar-refractivity contribution in [3.63, 3.8) is 0 Å². The van der Waals surface area contributed by atoms with Crippen LogP contribution in [0.15, 0.2) is 12.4 Å². The normalized spacial score (nSPS) is 24.2. The van der Waals surface area contributed by atoms with Gasteiger partial charge in [-0.2, -0.15) is 0 Å². The van der Waals surface area contributed by atoms with Crippen LogP contribution in [0.1, 0.15) is 46.0 Å². The fraction of sp³-hybridized carbons (Fsp3) is 0.737. The number of hydrogen-bond acceptors (Lipinski definition) is 5. The molecule has 1 spiro atoms. The number of anilines is 1. The Hall–Kier alpha value is -1.85. The van der Waals surface area contributed by atoms with E-state index in [-0.39, 0.29) is 5.41 Å². The Labute approximate surface area is 150 Å². The highest BCUT2D eigenvalue weighted by molar-refractivity contribution is 5.77. The number of ether oxygens (including phenoxy) is 1. The first-order chi connectivity index (χ1) is 12.0. The number of carbonyl (C=O) groups is 1. The summed E-state index contributed by atoms with van der Waals surface area (Å²) in [7, 11) is 1.64. The van der Waals surface area contributed by atoms with E-state index in [1.165, 1.54) is 6.42 Å². The molecule has 6 nitrogen and oxygen atoms in total. The van der Waals surface area contributed by atoms with Gasteiger partial charge in [-0.3, -0.25) is 4.79 Å². The molecular weight excluding hydrogens is 316 g/mol. The van der Waals surface area contributed by atoms with Crippen LogP contribution in [-0.4, -0.2) is 54.1 Å². The molecule has 6 heteroatoms. The highest BCUT2D eigenvalue weighted by atomic mass is 16.5. The van der Waals surface area contributed by atoms with Gasteiger partial charge in [0, 0.05) is 50.4 Å². The molecule has 0 saturated carbocycles. The van der Waals surface area contributed by atoms with E-state index in [0.717, 1.165) is 51.3 Å². The van der Waals surface area contributed by atoms with Gasteiger partial charge in [-0.25, -0.2) is 9.97 Å². The van der Waals surface area contributed by atoms with Crippen LogP contribution in [0.5, 0.6) is 5.88 Å². The number of aromatic nitrogens is 2. The van der Waals surface area contributed by atoms with Crippen LogP contribution < -0.4 is 9.64 Å². The first-order valence-electron chi connectivity index (χ1n) is 9.41. The van der Waals surface area contributed by atoms with Gasteiger partial charge in [0.15, 0.2) is 5.82 Å². The molecule has 0 unspecified atom stereocenters. The first kappa shape index (κ1) is 18.0. The molecule has 138 valence electrons. The molecule has 0 aliphatic carbocycles. The van der Waals surface area contributed by atoms with Gasteiger partial charge < -0.3 is 14.5 Å². The smallest absolute Gasteiger partial charge is 0.257 e. The quantitative estimate of drug-likeness (QED) is 0.820. The molecule has 1 amide bonds. The summed E-state index contributed by atoms with van der Waals surface area (Å²) in [6.45, 7) is 8.08. The van der Waals surface area contributed by atoms with E-state index in [9.17, 15) is 4.79 Å². The van der Waals surface area contributed by atoms with Crippen LogP contribution in [-0.2, 0) is 4.79 Å². The topological polar surface area (TPSA) is 58.6 Å². The molecule has 2 fully saturated rings. The van der Waals surface area contributed by atoms with Gasteiger partial charge in [0.1, 0.15) is 0 Å². The minimum atomic E-state index is 0.172. The number of piperidine rings is 2. The van der Waals surface area contributed by atoms with Gasteiger partial charge in [-0.05, 0) is 31.6 Å². The zero-order chi connectivity index (χ0) is 17.9. The lowest BCUT2D eigenvalue weighted by Gasteiger charge is -2.48. The highest BCUT2D eigenvalue weighted by Crippen LogP contribution is 2.41. The molecule has 2 aliphatic rings. The van der Waals surface area contributed by atoms with E-state index in [2.05, 4.69) is 33.6 Å². The van der Waals surface area contributed by atoms with Crippen LogP contribution in [0.3, 0.4) is 0 Å². The van der Waals surface area contributed by atoms with Crippen LogP contribution in [0, 0.1) is 11.3 Å². The summed E-state index contributed by atoms with van der Waals surface area (Å²) >= 11 is 0. The van der Waals surface area contributed by atoms with Crippen molar-refractivity contribution >= 4 is 11.7 Å². The number of carbonyl (C=O) groups excluding carboxylic acids is 1. The standard InChI is InChI=1S/C19H30N4O2/c1-15(2)6-12-22-13-19(8-5-16(22)24)7-4-11-23(14-19)17-18(25-3)21-10-9-20-17/h9-10,15H,4-8,11-14H2,1-3H3/t19-/m1/s1. The summed E-state index contributed by atoms with van der Waals surface area (Å²) in [6, 6.07) is 0. The second-order valence-corrected chi connectivity index (χ2v) is 7.91. The molecule has 0 radical (unpaired) electrons. The Morgan fingerprint density at radius 1 is 1.24 bits per heavy atom. The second kappa shape index (κ2) is 7.58. The number of nitrogens with zero attached hydrogens (tertiary/aromatic N) is 4. The molecule has 2 saturated heterocycles. The lowest BCUT2D eigenvalue weighted by molar-refractivity contribution is -0.138. The largest absolute Gasteiger partial charge is 0.478 e. The zero-order valence-corrected chi connectivity index (χ0v) is 15.7. The van der Waals surface area contributed by atoms with Gasteiger partial charge in [0.25, 0.3) is 5.88 Å². The van der Waals surface area contributed by atoms with Crippen molar-refractivity contribution in [2.45, 2.75) is 46.0 Å². The van der Waals surface area contributed by atoms with E-state index in [1.807, 2.05) is 0 Å². The summed E-state index contributed by atoms with van der Waals surface area (Å²) in [5.74, 6) is 2.36. The summed E-state index contributed by atoms with van der Waals surface area (Å²) in [5.41, 5.74) is 0.172. The van der Waals surface area contributed by atoms with Crippen molar-refractivity contribution in [3.05, 3.63) is 12.4 Å². The molecule has 0 bridgehead atoms. The molecular formula is C19H30N4O2. The minimum Gasteiger partial charge on any atom is -0.478 e.